The molecule has 1 aromatic heterocycles. The van der Waals surface area contributed by atoms with Crippen LogP contribution in [0.15, 0.2) is 48.9 Å². The molecule has 1 aromatic carbocycles. The van der Waals surface area contributed by atoms with Crippen LogP contribution in [0, 0.1) is 0 Å². The molecule has 5 nitrogen and oxygen atoms in total. The molecule has 0 saturated carbocycles. The molecule has 0 bridgehead atoms. The molecule has 0 unspecified atom stereocenters. The Balaban J connectivity index is 1.35. The van der Waals surface area contributed by atoms with Crippen molar-refractivity contribution in [1.82, 2.24) is 14.9 Å². The molecule has 126 valence electrons. The number of carbonyl (C=O) groups excluding carboxylic acids is 1. The fourth-order valence-electron chi connectivity index (χ4n) is 2.98. The van der Waals surface area contributed by atoms with E-state index in [0.717, 1.165) is 32.2 Å². The maximum Gasteiger partial charge on any atom is 0.232 e. The minimum atomic E-state index is 0.0231. The summed E-state index contributed by atoms with van der Waals surface area (Å²) in [5.41, 5.74) is 1.34. The van der Waals surface area contributed by atoms with Crippen LogP contribution in [0.2, 0.25) is 0 Å². The zero-order valence-corrected chi connectivity index (χ0v) is 13.8. The summed E-state index contributed by atoms with van der Waals surface area (Å²) in [5.74, 6) is 0.757. The van der Waals surface area contributed by atoms with E-state index in [1.54, 1.807) is 18.6 Å². The number of rotatable bonds is 7. The van der Waals surface area contributed by atoms with Crippen LogP contribution < -0.4 is 4.74 Å². The van der Waals surface area contributed by atoms with Crippen LogP contribution in [-0.2, 0) is 11.2 Å². The summed E-state index contributed by atoms with van der Waals surface area (Å²) >= 11 is 0. The molecule has 1 atom stereocenters. The highest BCUT2D eigenvalue weighted by molar-refractivity contribution is 5.76. The van der Waals surface area contributed by atoms with Crippen LogP contribution in [0.5, 0.6) is 5.88 Å². The van der Waals surface area contributed by atoms with E-state index in [2.05, 4.69) is 34.2 Å². The molecule has 2 heterocycles. The van der Waals surface area contributed by atoms with Crippen LogP contribution in [0.25, 0.3) is 0 Å². The van der Waals surface area contributed by atoms with E-state index < -0.39 is 0 Å². The molecular weight excluding hydrogens is 302 g/mol. The monoisotopic (exact) mass is 325 g/mol. The first-order chi connectivity index (χ1) is 11.8. The van der Waals surface area contributed by atoms with Gasteiger partial charge in [0.2, 0.25) is 11.8 Å². The number of aryl methyl sites for hydroxylation is 1. The number of hydrogen-bond donors (Lipinski definition) is 0. The molecular formula is C19H23N3O2. The van der Waals surface area contributed by atoms with Crippen LogP contribution >= 0.6 is 0 Å². The number of hydrogen-bond acceptors (Lipinski definition) is 4. The quantitative estimate of drug-likeness (QED) is 0.735. The third-order valence-electron chi connectivity index (χ3n) is 4.27. The number of amides is 1. The van der Waals surface area contributed by atoms with Gasteiger partial charge >= 0.3 is 0 Å². The van der Waals surface area contributed by atoms with Crippen LogP contribution in [-0.4, -0.2) is 40.0 Å². The normalized spacial score (nSPS) is 17.0. The van der Waals surface area contributed by atoms with Gasteiger partial charge in [-0.2, -0.15) is 0 Å². The molecule has 0 aliphatic carbocycles. The Morgan fingerprint density at radius 2 is 2.08 bits per heavy atom. The Kier molecular flexibility index (Phi) is 5.77. The number of unbranched alkanes of at least 4 members (excludes halogenated alkanes) is 1. The van der Waals surface area contributed by atoms with Crippen molar-refractivity contribution < 1.29 is 9.53 Å². The lowest BCUT2D eigenvalue weighted by Gasteiger charge is -2.16. The second kappa shape index (κ2) is 8.43. The van der Waals surface area contributed by atoms with Crippen molar-refractivity contribution in [2.24, 2.45) is 0 Å². The van der Waals surface area contributed by atoms with Crippen molar-refractivity contribution in [3.63, 3.8) is 0 Å². The number of aromatic nitrogens is 2. The summed E-state index contributed by atoms with van der Waals surface area (Å²) in [6.45, 7) is 1.41. The van der Waals surface area contributed by atoms with E-state index >= 15 is 0 Å². The van der Waals surface area contributed by atoms with Crippen LogP contribution in [0.3, 0.4) is 0 Å². The molecule has 2 aromatic rings. The predicted octanol–water partition coefficient (Wildman–Crippen LogP) is 2.87. The molecule has 1 saturated heterocycles. The van der Waals surface area contributed by atoms with E-state index in [1.165, 1.54) is 5.56 Å². The number of carbonyl (C=O) groups is 1. The standard InChI is InChI=1S/C19H23N3O2/c23-19(9-5-4-8-16-6-2-1-3-7-16)22-13-10-17(15-22)24-18-14-20-11-12-21-18/h1-3,6-7,11-12,14,17H,4-5,8-10,13,15H2/t17-/m0/s1. The van der Waals surface area contributed by atoms with Crippen molar-refractivity contribution in [3.8, 4) is 5.88 Å². The average molecular weight is 325 g/mol. The van der Waals surface area contributed by atoms with Gasteiger partial charge in [-0.3, -0.25) is 9.78 Å². The number of ether oxygens (including phenoxy) is 1. The minimum Gasteiger partial charge on any atom is -0.471 e. The summed E-state index contributed by atoms with van der Waals surface area (Å²) < 4.78 is 5.77. The first-order valence-corrected chi connectivity index (χ1v) is 8.55. The van der Waals surface area contributed by atoms with Crippen molar-refractivity contribution in [3.05, 3.63) is 54.5 Å². The predicted molar refractivity (Wildman–Crippen MR) is 91.6 cm³/mol. The van der Waals surface area contributed by atoms with E-state index in [-0.39, 0.29) is 12.0 Å². The van der Waals surface area contributed by atoms with Crippen LogP contribution in [0.4, 0.5) is 0 Å². The van der Waals surface area contributed by atoms with Crippen molar-refractivity contribution in [2.45, 2.75) is 38.2 Å². The van der Waals surface area contributed by atoms with Gasteiger partial charge < -0.3 is 9.64 Å². The number of benzene rings is 1. The second-order valence-corrected chi connectivity index (χ2v) is 6.10. The fraction of sp³-hybridized carbons (Fsp3) is 0.421. The molecule has 1 aliphatic heterocycles. The summed E-state index contributed by atoms with van der Waals surface area (Å²) in [6, 6.07) is 10.4. The summed E-state index contributed by atoms with van der Waals surface area (Å²) in [5, 5.41) is 0. The molecule has 1 fully saturated rings. The molecule has 5 heteroatoms. The van der Waals surface area contributed by atoms with Gasteiger partial charge in [-0.1, -0.05) is 30.3 Å². The molecule has 3 rings (SSSR count). The highest BCUT2D eigenvalue weighted by Crippen LogP contribution is 2.17. The van der Waals surface area contributed by atoms with Crippen molar-refractivity contribution >= 4 is 5.91 Å². The van der Waals surface area contributed by atoms with Gasteiger partial charge in [0, 0.05) is 31.8 Å². The Hall–Kier alpha value is -2.43. The summed E-state index contributed by atoms with van der Waals surface area (Å²) in [6.07, 6.45) is 9.34. The summed E-state index contributed by atoms with van der Waals surface area (Å²) in [4.78, 5) is 22.3. The van der Waals surface area contributed by atoms with Gasteiger partial charge in [0.15, 0.2) is 0 Å². The minimum absolute atomic E-state index is 0.0231. The molecule has 0 spiro atoms. The van der Waals surface area contributed by atoms with Gasteiger partial charge in [0.1, 0.15) is 6.10 Å². The Bertz CT molecular complexity index is 634. The lowest BCUT2D eigenvalue weighted by Crippen LogP contribution is -2.30. The van der Waals surface area contributed by atoms with Crippen molar-refractivity contribution in [2.75, 3.05) is 13.1 Å². The first kappa shape index (κ1) is 16.4. The van der Waals surface area contributed by atoms with E-state index in [0.29, 0.717) is 18.8 Å². The molecule has 24 heavy (non-hydrogen) atoms. The first-order valence-electron chi connectivity index (χ1n) is 8.55. The van der Waals surface area contributed by atoms with E-state index in [4.69, 9.17) is 4.74 Å². The van der Waals surface area contributed by atoms with Gasteiger partial charge in [0.25, 0.3) is 0 Å². The second-order valence-electron chi connectivity index (χ2n) is 6.10. The molecule has 1 amide bonds. The topological polar surface area (TPSA) is 55.3 Å². The molecule has 0 radical (unpaired) electrons. The Morgan fingerprint density at radius 1 is 1.21 bits per heavy atom. The highest BCUT2D eigenvalue weighted by Gasteiger charge is 2.27. The third kappa shape index (κ3) is 4.78. The number of nitrogens with zero attached hydrogens (tertiary/aromatic N) is 3. The van der Waals surface area contributed by atoms with E-state index in [9.17, 15) is 4.79 Å². The SMILES string of the molecule is O=C(CCCCc1ccccc1)N1CC[C@H](Oc2cnccn2)C1. The zero-order chi connectivity index (χ0) is 16.6. The van der Waals surface area contributed by atoms with E-state index in [1.807, 2.05) is 11.0 Å². The largest absolute Gasteiger partial charge is 0.471 e. The average Bonchev–Trinajstić information content (AvgIpc) is 3.09. The smallest absolute Gasteiger partial charge is 0.232 e. The third-order valence-corrected chi connectivity index (χ3v) is 4.27. The fourth-order valence-corrected chi connectivity index (χ4v) is 2.98. The van der Waals surface area contributed by atoms with Gasteiger partial charge in [-0.25, -0.2) is 4.98 Å². The summed E-state index contributed by atoms with van der Waals surface area (Å²) in [7, 11) is 0. The van der Waals surface area contributed by atoms with Gasteiger partial charge in [0.05, 0.1) is 12.7 Å². The Morgan fingerprint density at radius 3 is 2.88 bits per heavy atom. The maximum atomic E-state index is 12.3. The molecule has 1 aliphatic rings. The Labute approximate surface area is 142 Å². The lowest BCUT2D eigenvalue weighted by molar-refractivity contribution is -0.130. The van der Waals surface area contributed by atoms with Crippen molar-refractivity contribution in [1.29, 1.82) is 0 Å². The lowest BCUT2D eigenvalue weighted by atomic mass is 10.1. The maximum absolute atomic E-state index is 12.3. The zero-order valence-electron chi connectivity index (χ0n) is 13.8. The number of likely N-dealkylation sites (tertiary alicyclic amines) is 1. The van der Waals surface area contributed by atoms with Gasteiger partial charge in [-0.05, 0) is 24.8 Å². The molecule has 0 N–H and O–H groups in total. The van der Waals surface area contributed by atoms with Crippen LogP contribution in [0.1, 0.15) is 31.2 Å². The highest BCUT2D eigenvalue weighted by atomic mass is 16.5. The van der Waals surface area contributed by atoms with Gasteiger partial charge in [-0.15, -0.1) is 0 Å².